The third-order valence-corrected chi connectivity index (χ3v) is 4.43. The first-order valence-corrected chi connectivity index (χ1v) is 9.13. The third-order valence-electron chi connectivity index (χ3n) is 3.70. The van der Waals surface area contributed by atoms with Gasteiger partial charge in [-0.1, -0.05) is 39.7 Å². The number of halogens is 2. The molecule has 0 amide bonds. The monoisotopic (exact) mass is 416 g/mol. The zero-order chi connectivity index (χ0) is 17.5. The molecule has 0 unspecified atom stereocenters. The molecule has 1 aromatic heterocycles. The van der Waals surface area contributed by atoms with Gasteiger partial charge in [0.15, 0.2) is 0 Å². The first-order valence-electron chi connectivity index (χ1n) is 7.96. The lowest BCUT2D eigenvalue weighted by Gasteiger charge is -2.13. The van der Waals surface area contributed by atoms with E-state index >= 15 is 0 Å². The van der Waals surface area contributed by atoms with Gasteiger partial charge in [0.2, 0.25) is 0 Å². The van der Waals surface area contributed by atoms with Crippen molar-refractivity contribution in [3.05, 3.63) is 93.2 Å². The predicted molar refractivity (Wildman–Crippen MR) is 105 cm³/mol. The zero-order valence-electron chi connectivity index (χ0n) is 13.6. The van der Waals surface area contributed by atoms with Gasteiger partial charge in [-0.3, -0.25) is 4.98 Å². The van der Waals surface area contributed by atoms with E-state index in [2.05, 4.69) is 32.3 Å². The second-order valence-corrected chi connectivity index (χ2v) is 6.98. The topological polar surface area (TPSA) is 34.1 Å². The SMILES string of the molecule is Clc1cccc(COc2ccc(Br)cc2CNCc2ccncc2)c1. The van der Waals surface area contributed by atoms with Gasteiger partial charge in [0, 0.05) is 40.5 Å². The van der Waals surface area contributed by atoms with Gasteiger partial charge in [0.1, 0.15) is 12.4 Å². The lowest BCUT2D eigenvalue weighted by molar-refractivity contribution is 0.302. The van der Waals surface area contributed by atoms with E-state index in [9.17, 15) is 0 Å². The fraction of sp³-hybridized carbons (Fsp3) is 0.150. The lowest BCUT2D eigenvalue weighted by Crippen LogP contribution is -2.13. The molecule has 5 heteroatoms. The molecule has 1 N–H and O–H groups in total. The van der Waals surface area contributed by atoms with Gasteiger partial charge in [-0.2, -0.15) is 0 Å². The number of ether oxygens (including phenoxy) is 1. The van der Waals surface area contributed by atoms with Crippen LogP contribution in [0.5, 0.6) is 5.75 Å². The van der Waals surface area contributed by atoms with Crippen molar-refractivity contribution in [3.63, 3.8) is 0 Å². The van der Waals surface area contributed by atoms with Crippen LogP contribution in [0.3, 0.4) is 0 Å². The van der Waals surface area contributed by atoms with Crippen molar-refractivity contribution in [2.45, 2.75) is 19.7 Å². The molecule has 0 aliphatic rings. The minimum absolute atomic E-state index is 0.486. The number of rotatable bonds is 7. The Morgan fingerprint density at radius 1 is 0.960 bits per heavy atom. The van der Waals surface area contributed by atoms with Crippen molar-refractivity contribution >= 4 is 27.5 Å². The molecule has 0 saturated heterocycles. The molecule has 0 fully saturated rings. The van der Waals surface area contributed by atoms with Gasteiger partial charge in [0.25, 0.3) is 0 Å². The highest BCUT2D eigenvalue weighted by Gasteiger charge is 2.06. The lowest BCUT2D eigenvalue weighted by atomic mass is 10.2. The van der Waals surface area contributed by atoms with Crippen LogP contribution in [0.15, 0.2) is 71.5 Å². The van der Waals surface area contributed by atoms with Crippen LogP contribution in [0, 0.1) is 0 Å². The van der Waals surface area contributed by atoms with Crippen molar-refractivity contribution in [1.82, 2.24) is 10.3 Å². The van der Waals surface area contributed by atoms with Crippen molar-refractivity contribution in [3.8, 4) is 5.75 Å². The molecule has 0 aliphatic heterocycles. The van der Waals surface area contributed by atoms with E-state index in [4.69, 9.17) is 16.3 Å². The third kappa shape index (κ3) is 5.56. The largest absolute Gasteiger partial charge is 0.489 e. The van der Waals surface area contributed by atoms with Crippen molar-refractivity contribution in [1.29, 1.82) is 0 Å². The molecule has 3 aromatic rings. The second kappa shape index (κ2) is 8.99. The average Bonchev–Trinajstić information content (AvgIpc) is 2.62. The van der Waals surface area contributed by atoms with Crippen LogP contribution in [-0.4, -0.2) is 4.98 Å². The van der Waals surface area contributed by atoms with Gasteiger partial charge >= 0.3 is 0 Å². The molecule has 128 valence electrons. The Hall–Kier alpha value is -1.88. The molecule has 0 saturated carbocycles. The number of nitrogens with zero attached hydrogens (tertiary/aromatic N) is 1. The highest BCUT2D eigenvalue weighted by atomic mass is 79.9. The van der Waals surface area contributed by atoms with Crippen LogP contribution in [-0.2, 0) is 19.7 Å². The molecular formula is C20H18BrClN2O. The van der Waals surface area contributed by atoms with Gasteiger partial charge < -0.3 is 10.1 Å². The number of hydrogen-bond acceptors (Lipinski definition) is 3. The maximum atomic E-state index is 6.03. The normalized spacial score (nSPS) is 10.6. The number of pyridine rings is 1. The Balaban J connectivity index is 1.63. The van der Waals surface area contributed by atoms with Crippen LogP contribution in [0.4, 0.5) is 0 Å². The first kappa shape index (κ1) is 17.9. The van der Waals surface area contributed by atoms with Crippen LogP contribution < -0.4 is 10.1 Å². The second-order valence-electron chi connectivity index (χ2n) is 5.63. The van der Waals surface area contributed by atoms with E-state index < -0.39 is 0 Å². The number of hydrogen-bond donors (Lipinski definition) is 1. The van der Waals surface area contributed by atoms with Gasteiger partial charge in [-0.25, -0.2) is 0 Å². The Labute approximate surface area is 161 Å². The van der Waals surface area contributed by atoms with Crippen molar-refractivity contribution in [2.24, 2.45) is 0 Å². The summed E-state index contributed by atoms with van der Waals surface area (Å²) in [5, 5.41) is 4.16. The summed E-state index contributed by atoms with van der Waals surface area (Å²) in [7, 11) is 0. The molecule has 0 aliphatic carbocycles. The summed E-state index contributed by atoms with van der Waals surface area (Å²) in [4.78, 5) is 4.03. The van der Waals surface area contributed by atoms with Gasteiger partial charge in [0.05, 0.1) is 0 Å². The van der Waals surface area contributed by atoms with E-state index in [1.165, 1.54) is 5.56 Å². The predicted octanol–water partition coefficient (Wildman–Crippen LogP) is 5.37. The highest BCUT2D eigenvalue weighted by Crippen LogP contribution is 2.24. The minimum Gasteiger partial charge on any atom is -0.489 e. The highest BCUT2D eigenvalue weighted by molar-refractivity contribution is 9.10. The fourth-order valence-corrected chi connectivity index (χ4v) is 3.08. The summed E-state index contributed by atoms with van der Waals surface area (Å²) < 4.78 is 7.04. The summed E-state index contributed by atoms with van der Waals surface area (Å²) >= 11 is 9.56. The van der Waals surface area contributed by atoms with E-state index in [1.807, 2.05) is 48.5 Å². The number of aromatic nitrogens is 1. The Morgan fingerprint density at radius 3 is 2.60 bits per heavy atom. The molecule has 0 spiro atoms. The molecular weight excluding hydrogens is 400 g/mol. The smallest absolute Gasteiger partial charge is 0.124 e. The molecule has 3 rings (SSSR count). The van der Waals surface area contributed by atoms with Crippen LogP contribution in [0.2, 0.25) is 5.02 Å². The quantitative estimate of drug-likeness (QED) is 0.561. The average molecular weight is 418 g/mol. The number of benzene rings is 2. The summed E-state index contributed by atoms with van der Waals surface area (Å²) in [5.41, 5.74) is 3.35. The standard InChI is InChI=1S/C20H18BrClN2O/c21-18-4-5-20(25-14-16-2-1-3-19(22)10-16)17(11-18)13-24-12-15-6-8-23-9-7-15/h1-11,24H,12-14H2. The molecule has 2 aromatic carbocycles. The summed E-state index contributed by atoms with van der Waals surface area (Å²) in [6.45, 7) is 1.98. The Bertz CT molecular complexity index is 827. The van der Waals surface area contributed by atoms with E-state index in [0.29, 0.717) is 13.2 Å². The van der Waals surface area contributed by atoms with E-state index in [-0.39, 0.29) is 0 Å². The van der Waals surface area contributed by atoms with Gasteiger partial charge in [-0.05, 0) is 53.6 Å². The Morgan fingerprint density at radius 2 is 1.80 bits per heavy atom. The first-order chi connectivity index (χ1) is 12.2. The fourth-order valence-electron chi connectivity index (χ4n) is 2.46. The van der Waals surface area contributed by atoms with Crippen LogP contribution in [0.25, 0.3) is 0 Å². The summed E-state index contributed by atoms with van der Waals surface area (Å²) in [6, 6.07) is 17.8. The molecule has 25 heavy (non-hydrogen) atoms. The minimum atomic E-state index is 0.486. The van der Waals surface area contributed by atoms with E-state index in [1.54, 1.807) is 12.4 Å². The molecule has 3 nitrogen and oxygen atoms in total. The summed E-state index contributed by atoms with van der Waals surface area (Å²) in [6.07, 6.45) is 3.60. The molecule has 0 atom stereocenters. The Kier molecular flexibility index (Phi) is 6.45. The van der Waals surface area contributed by atoms with Gasteiger partial charge in [-0.15, -0.1) is 0 Å². The molecule has 0 bridgehead atoms. The molecule has 0 radical (unpaired) electrons. The maximum absolute atomic E-state index is 6.03. The maximum Gasteiger partial charge on any atom is 0.124 e. The molecule has 1 heterocycles. The number of nitrogens with one attached hydrogen (secondary N) is 1. The van der Waals surface area contributed by atoms with E-state index in [0.717, 1.165) is 32.9 Å². The van der Waals surface area contributed by atoms with Crippen molar-refractivity contribution < 1.29 is 4.74 Å². The van der Waals surface area contributed by atoms with Crippen molar-refractivity contribution in [2.75, 3.05) is 0 Å². The summed E-state index contributed by atoms with van der Waals surface area (Å²) in [5.74, 6) is 0.866. The van der Waals surface area contributed by atoms with Crippen LogP contribution in [0.1, 0.15) is 16.7 Å². The van der Waals surface area contributed by atoms with Crippen LogP contribution >= 0.6 is 27.5 Å². The zero-order valence-corrected chi connectivity index (χ0v) is 15.9.